The minimum atomic E-state index is -2.99. The number of guanidine groups is 1. The van der Waals surface area contributed by atoms with E-state index in [-0.39, 0.29) is 18.2 Å². The molecule has 2 N–H and O–H groups in total. The van der Waals surface area contributed by atoms with Crippen LogP contribution in [0.15, 0.2) is 29.3 Å². The average molecular weight is 359 g/mol. The summed E-state index contributed by atoms with van der Waals surface area (Å²) in [5.74, 6) is 0.429. The molecule has 0 unspecified atom stereocenters. The number of hydrogen-bond acceptors (Lipinski definition) is 4. The van der Waals surface area contributed by atoms with Crippen molar-refractivity contribution in [3.05, 3.63) is 35.6 Å². The summed E-state index contributed by atoms with van der Waals surface area (Å²) >= 11 is 0. The molecule has 1 rings (SSSR count). The maximum atomic E-state index is 13.5. The molecule has 0 spiro atoms. The Balaban J connectivity index is 2.31. The van der Waals surface area contributed by atoms with Gasteiger partial charge in [0.05, 0.1) is 25.5 Å². The maximum Gasteiger partial charge on any atom is 0.191 e. The third kappa shape index (κ3) is 9.46. The van der Waals surface area contributed by atoms with E-state index in [1.165, 1.54) is 12.3 Å². The van der Waals surface area contributed by atoms with Gasteiger partial charge in [0, 0.05) is 19.3 Å². The predicted octanol–water partition coefficient (Wildman–Crippen LogP) is 0.985. The summed E-state index contributed by atoms with van der Waals surface area (Å²) in [6.07, 6.45) is 1.74. The van der Waals surface area contributed by atoms with Crippen molar-refractivity contribution in [3.8, 4) is 0 Å². The van der Waals surface area contributed by atoms with Crippen LogP contribution in [0.4, 0.5) is 4.39 Å². The standard InChI is InChI=1S/C16H26FN3O3S/c1-3-18-16(20-10-11-23-12-13-24(2,21)22)19-9-8-14-6-4-5-7-15(14)17/h4-7H,3,8-13H2,1-2H3,(H2,18,19,20). The minimum Gasteiger partial charge on any atom is -0.378 e. The molecule has 0 bridgehead atoms. The Morgan fingerprint density at radius 1 is 1.25 bits per heavy atom. The van der Waals surface area contributed by atoms with Crippen molar-refractivity contribution in [2.75, 3.05) is 44.9 Å². The summed E-state index contributed by atoms with van der Waals surface area (Å²) in [5, 5.41) is 6.22. The van der Waals surface area contributed by atoms with E-state index in [1.807, 2.05) is 13.0 Å². The summed E-state index contributed by atoms with van der Waals surface area (Å²) in [6, 6.07) is 6.69. The van der Waals surface area contributed by atoms with Gasteiger partial charge in [-0.3, -0.25) is 4.99 Å². The second-order valence-corrected chi connectivity index (χ2v) is 7.53. The van der Waals surface area contributed by atoms with Gasteiger partial charge in [0.2, 0.25) is 0 Å². The lowest BCUT2D eigenvalue weighted by Crippen LogP contribution is -2.38. The average Bonchev–Trinajstić information content (AvgIpc) is 2.51. The minimum absolute atomic E-state index is 0.0116. The fourth-order valence-corrected chi connectivity index (χ4v) is 2.31. The molecule has 0 atom stereocenters. The highest BCUT2D eigenvalue weighted by Crippen LogP contribution is 2.05. The van der Waals surface area contributed by atoms with E-state index in [9.17, 15) is 12.8 Å². The zero-order chi connectivity index (χ0) is 17.8. The third-order valence-corrected chi connectivity index (χ3v) is 4.00. The Hall–Kier alpha value is -1.67. The molecule has 0 saturated heterocycles. The van der Waals surface area contributed by atoms with Crippen LogP contribution in [0.5, 0.6) is 0 Å². The highest BCUT2D eigenvalue weighted by atomic mass is 32.2. The van der Waals surface area contributed by atoms with Crippen LogP contribution in [0.2, 0.25) is 0 Å². The van der Waals surface area contributed by atoms with Crippen LogP contribution in [-0.2, 0) is 21.0 Å². The molecule has 0 radical (unpaired) electrons. The summed E-state index contributed by atoms with van der Waals surface area (Å²) in [5.41, 5.74) is 0.657. The van der Waals surface area contributed by atoms with Gasteiger partial charge in [0.1, 0.15) is 15.7 Å². The second-order valence-electron chi connectivity index (χ2n) is 5.27. The number of aliphatic imine (C=N–C) groups is 1. The van der Waals surface area contributed by atoms with Gasteiger partial charge >= 0.3 is 0 Å². The van der Waals surface area contributed by atoms with E-state index in [0.717, 1.165) is 0 Å². The number of sulfone groups is 1. The van der Waals surface area contributed by atoms with Crippen LogP contribution in [0.25, 0.3) is 0 Å². The lowest BCUT2D eigenvalue weighted by atomic mass is 10.1. The molecule has 6 nitrogen and oxygen atoms in total. The summed E-state index contributed by atoms with van der Waals surface area (Å²) < 4.78 is 40.7. The lowest BCUT2D eigenvalue weighted by Gasteiger charge is -2.11. The SMILES string of the molecule is CCNC(=NCCOCCS(C)(=O)=O)NCCc1ccccc1F. The van der Waals surface area contributed by atoms with Crippen molar-refractivity contribution >= 4 is 15.8 Å². The summed E-state index contributed by atoms with van der Waals surface area (Å²) in [6.45, 7) is 4.16. The highest BCUT2D eigenvalue weighted by Gasteiger charge is 2.03. The Morgan fingerprint density at radius 3 is 2.67 bits per heavy atom. The van der Waals surface area contributed by atoms with E-state index in [1.54, 1.807) is 12.1 Å². The highest BCUT2D eigenvalue weighted by molar-refractivity contribution is 7.90. The fourth-order valence-electron chi connectivity index (χ4n) is 1.89. The van der Waals surface area contributed by atoms with Crippen LogP contribution in [0, 0.1) is 5.82 Å². The smallest absolute Gasteiger partial charge is 0.191 e. The van der Waals surface area contributed by atoms with Crippen molar-refractivity contribution < 1.29 is 17.5 Å². The van der Waals surface area contributed by atoms with Crippen molar-refractivity contribution in [2.45, 2.75) is 13.3 Å². The first kappa shape index (κ1) is 20.4. The zero-order valence-electron chi connectivity index (χ0n) is 14.2. The molecule has 24 heavy (non-hydrogen) atoms. The van der Waals surface area contributed by atoms with E-state index < -0.39 is 9.84 Å². The monoisotopic (exact) mass is 359 g/mol. The molecule has 8 heteroatoms. The van der Waals surface area contributed by atoms with E-state index in [2.05, 4.69) is 15.6 Å². The second kappa shape index (κ2) is 11.0. The Bertz CT molecular complexity index is 621. The molecular weight excluding hydrogens is 333 g/mol. The number of halogens is 1. The molecular formula is C16H26FN3O3S. The third-order valence-electron chi connectivity index (χ3n) is 3.09. The normalized spacial score (nSPS) is 12.2. The first-order valence-electron chi connectivity index (χ1n) is 7.93. The number of rotatable bonds is 10. The van der Waals surface area contributed by atoms with Crippen molar-refractivity contribution in [3.63, 3.8) is 0 Å². The Labute approximate surface area is 143 Å². The van der Waals surface area contributed by atoms with Crippen LogP contribution in [0.3, 0.4) is 0 Å². The molecule has 0 aromatic heterocycles. The number of nitrogens with one attached hydrogen (secondary N) is 2. The van der Waals surface area contributed by atoms with Gasteiger partial charge in [-0.15, -0.1) is 0 Å². The summed E-state index contributed by atoms with van der Waals surface area (Å²) in [4.78, 5) is 4.33. The predicted molar refractivity (Wildman–Crippen MR) is 94.6 cm³/mol. The van der Waals surface area contributed by atoms with Gasteiger partial charge in [0.25, 0.3) is 0 Å². The maximum absolute atomic E-state index is 13.5. The number of hydrogen-bond donors (Lipinski definition) is 2. The Morgan fingerprint density at radius 2 is 2.00 bits per heavy atom. The molecule has 136 valence electrons. The van der Waals surface area contributed by atoms with Crippen LogP contribution in [0.1, 0.15) is 12.5 Å². The molecule has 0 saturated carbocycles. The number of benzene rings is 1. The molecule has 0 aliphatic carbocycles. The molecule has 1 aromatic rings. The van der Waals surface area contributed by atoms with Gasteiger partial charge in [-0.05, 0) is 25.0 Å². The van der Waals surface area contributed by atoms with Gasteiger partial charge in [-0.25, -0.2) is 12.8 Å². The van der Waals surface area contributed by atoms with Crippen molar-refractivity contribution in [1.82, 2.24) is 10.6 Å². The van der Waals surface area contributed by atoms with Crippen molar-refractivity contribution in [1.29, 1.82) is 0 Å². The first-order valence-corrected chi connectivity index (χ1v) is 9.99. The zero-order valence-corrected chi connectivity index (χ0v) is 15.0. The molecule has 0 heterocycles. The van der Waals surface area contributed by atoms with Crippen LogP contribution in [-0.4, -0.2) is 59.2 Å². The van der Waals surface area contributed by atoms with Crippen LogP contribution >= 0.6 is 0 Å². The molecule has 1 aromatic carbocycles. The molecule has 0 aliphatic rings. The molecule has 0 fully saturated rings. The fraction of sp³-hybridized carbons (Fsp3) is 0.562. The van der Waals surface area contributed by atoms with E-state index >= 15 is 0 Å². The van der Waals surface area contributed by atoms with Crippen molar-refractivity contribution in [2.24, 2.45) is 4.99 Å². The molecule has 0 aliphatic heterocycles. The van der Waals surface area contributed by atoms with Gasteiger partial charge in [-0.2, -0.15) is 0 Å². The largest absolute Gasteiger partial charge is 0.378 e. The van der Waals surface area contributed by atoms with Gasteiger partial charge in [0.15, 0.2) is 5.96 Å². The van der Waals surface area contributed by atoms with E-state index in [4.69, 9.17) is 4.74 Å². The van der Waals surface area contributed by atoms with E-state index in [0.29, 0.717) is 44.2 Å². The Kier molecular flexibility index (Phi) is 9.33. The summed E-state index contributed by atoms with van der Waals surface area (Å²) in [7, 11) is -2.99. The van der Waals surface area contributed by atoms with Gasteiger partial charge in [-0.1, -0.05) is 18.2 Å². The topological polar surface area (TPSA) is 79.8 Å². The van der Waals surface area contributed by atoms with Crippen LogP contribution < -0.4 is 10.6 Å². The number of nitrogens with zero attached hydrogens (tertiary/aromatic N) is 1. The quantitative estimate of drug-likeness (QED) is 0.370. The lowest BCUT2D eigenvalue weighted by molar-refractivity contribution is 0.157. The number of ether oxygens (including phenoxy) is 1. The first-order chi connectivity index (χ1) is 11.4. The van der Waals surface area contributed by atoms with Gasteiger partial charge < -0.3 is 15.4 Å². The molecule has 0 amide bonds.